The summed E-state index contributed by atoms with van der Waals surface area (Å²) in [5.41, 5.74) is 3.92. The number of amides is 1. The van der Waals surface area contributed by atoms with Crippen LogP contribution in [0.25, 0.3) is 16.8 Å². The van der Waals surface area contributed by atoms with Gasteiger partial charge in [-0.1, -0.05) is 42.5 Å². The van der Waals surface area contributed by atoms with Gasteiger partial charge in [0.25, 0.3) is 5.91 Å². The average molecular weight is 427 g/mol. The standard InChI is InChI=1S/C21H19BrN2O3/c1-26-19-12-14(9-10-20(25)24-23)11-18(22)21(19)27-13-16-7-4-6-15-5-2-3-8-17(15)16/h2-12H,13,23H2,1H3,(H,24,25)/b10-9+. The zero-order chi connectivity index (χ0) is 19.2. The highest BCUT2D eigenvalue weighted by Crippen LogP contribution is 2.37. The van der Waals surface area contributed by atoms with Crippen molar-refractivity contribution in [3.8, 4) is 11.5 Å². The lowest BCUT2D eigenvalue weighted by Crippen LogP contribution is -2.27. The summed E-state index contributed by atoms with van der Waals surface area (Å²) in [7, 11) is 1.58. The van der Waals surface area contributed by atoms with E-state index in [0.29, 0.717) is 18.1 Å². The molecule has 0 aromatic heterocycles. The molecule has 0 atom stereocenters. The first-order valence-electron chi connectivity index (χ1n) is 8.28. The molecule has 0 saturated carbocycles. The quantitative estimate of drug-likeness (QED) is 0.268. The normalized spacial score (nSPS) is 10.9. The topological polar surface area (TPSA) is 73.6 Å². The van der Waals surface area contributed by atoms with Gasteiger partial charge in [0.05, 0.1) is 11.6 Å². The van der Waals surface area contributed by atoms with Gasteiger partial charge in [-0.2, -0.15) is 0 Å². The highest BCUT2D eigenvalue weighted by Gasteiger charge is 2.12. The van der Waals surface area contributed by atoms with Crippen molar-refractivity contribution in [2.24, 2.45) is 5.84 Å². The zero-order valence-electron chi connectivity index (χ0n) is 14.7. The molecule has 3 aromatic rings. The number of fused-ring (bicyclic) bond motifs is 1. The van der Waals surface area contributed by atoms with Crippen LogP contribution in [0.4, 0.5) is 0 Å². The van der Waals surface area contributed by atoms with Gasteiger partial charge in [0.15, 0.2) is 11.5 Å². The molecule has 0 radical (unpaired) electrons. The summed E-state index contributed by atoms with van der Waals surface area (Å²) in [5.74, 6) is 5.86. The van der Waals surface area contributed by atoms with E-state index in [1.54, 1.807) is 19.3 Å². The number of nitrogens with two attached hydrogens (primary N) is 1. The second-order valence-electron chi connectivity index (χ2n) is 5.80. The van der Waals surface area contributed by atoms with Gasteiger partial charge < -0.3 is 9.47 Å². The second kappa shape index (κ2) is 8.70. The van der Waals surface area contributed by atoms with E-state index in [2.05, 4.69) is 34.1 Å². The molecular formula is C21H19BrN2O3. The largest absolute Gasteiger partial charge is 0.493 e. The van der Waals surface area contributed by atoms with Gasteiger partial charge in [-0.25, -0.2) is 5.84 Å². The molecule has 0 spiro atoms. The Morgan fingerprint density at radius 3 is 2.74 bits per heavy atom. The molecule has 0 heterocycles. The number of hydrazine groups is 1. The van der Waals surface area contributed by atoms with Crippen LogP contribution in [0.15, 0.2) is 65.1 Å². The third-order valence-corrected chi connectivity index (χ3v) is 4.66. The molecule has 0 saturated heterocycles. The third kappa shape index (κ3) is 4.48. The second-order valence-corrected chi connectivity index (χ2v) is 6.66. The number of rotatable bonds is 6. The first kappa shape index (κ1) is 18.9. The first-order chi connectivity index (χ1) is 13.1. The van der Waals surface area contributed by atoms with Crippen molar-refractivity contribution in [3.05, 3.63) is 76.3 Å². The monoisotopic (exact) mass is 426 g/mol. The van der Waals surface area contributed by atoms with Crippen LogP contribution in [0.3, 0.4) is 0 Å². The lowest BCUT2D eigenvalue weighted by atomic mass is 10.1. The maximum Gasteiger partial charge on any atom is 0.257 e. The molecule has 0 unspecified atom stereocenters. The van der Waals surface area contributed by atoms with Crippen LogP contribution >= 0.6 is 15.9 Å². The molecule has 0 bridgehead atoms. The fourth-order valence-corrected chi connectivity index (χ4v) is 3.34. The number of hydrogen-bond donors (Lipinski definition) is 2. The van der Waals surface area contributed by atoms with E-state index in [-0.39, 0.29) is 5.91 Å². The highest BCUT2D eigenvalue weighted by atomic mass is 79.9. The minimum atomic E-state index is -0.388. The van der Waals surface area contributed by atoms with E-state index in [9.17, 15) is 4.79 Å². The zero-order valence-corrected chi connectivity index (χ0v) is 16.3. The van der Waals surface area contributed by atoms with Gasteiger partial charge in [0, 0.05) is 6.08 Å². The van der Waals surface area contributed by atoms with E-state index in [1.807, 2.05) is 35.8 Å². The Bertz CT molecular complexity index is 997. The number of ether oxygens (including phenoxy) is 2. The fraction of sp³-hybridized carbons (Fsp3) is 0.0952. The predicted octanol–water partition coefficient (Wildman–Crippen LogP) is 4.19. The molecule has 0 fully saturated rings. The summed E-state index contributed by atoms with van der Waals surface area (Å²) in [4.78, 5) is 11.3. The number of carbonyl (C=O) groups excluding carboxylic acids is 1. The molecule has 3 rings (SSSR count). The van der Waals surface area contributed by atoms with E-state index < -0.39 is 0 Å². The molecule has 0 aliphatic rings. The summed E-state index contributed by atoms with van der Waals surface area (Å²) in [6, 6.07) is 18.0. The molecule has 0 aliphatic heterocycles. The van der Waals surface area contributed by atoms with Gasteiger partial charge in [0.2, 0.25) is 0 Å². The first-order valence-corrected chi connectivity index (χ1v) is 9.07. The summed E-state index contributed by atoms with van der Waals surface area (Å²) in [6.07, 6.45) is 2.99. The number of halogens is 1. The summed E-state index contributed by atoms with van der Waals surface area (Å²) in [6.45, 7) is 0.404. The SMILES string of the molecule is COc1cc(/C=C/C(=O)NN)cc(Br)c1OCc1cccc2ccccc12. The van der Waals surface area contributed by atoms with E-state index in [1.165, 1.54) is 11.5 Å². The van der Waals surface area contributed by atoms with Crippen molar-refractivity contribution in [1.29, 1.82) is 0 Å². The van der Waals surface area contributed by atoms with Gasteiger partial charge in [0.1, 0.15) is 6.61 Å². The molecule has 1 amide bonds. The lowest BCUT2D eigenvalue weighted by Gasteiger charge is -2.14. The van der Waals surface area contributed by atoms with Gasteiger partial charge >= 0.3 is 0 Å². The van der Waals surface area contributed by atoms with Crippen LogP contribution in [0, 0.1) is 0 Å². The Hall–Kier alpha value is -2.83. The third-order valence-electron chi connectivity index (χ3n) is 4.07. The highest BCUT2D eigenvalue weighted by molar-refractivity contribution is 9.10. The molecule has 3 N–H and O–H groups in total. The Morgan fingerprint density at radius 1 is 1.19 bits per heavy atom. The van der Waals surface area contributed by atoms with E-state index in [4.69, 9.17) is 15.3 Å². The van der Waals surface area contributed by atoms with Crippen molar-refractivity contribution in [3.63, 3.8) is 0 Å². The van der Waals surface area contributed by atoms with Crippen molar-refractivity contribution in [2.75, 3.05) is 7.11 Å². The Balaban J connectivity index is 1.86. The van der Waals surface area contributed by atoms with Crippen LogP contribution < -0.4 is 20.7 Å². The van der Waals surface area contributed by atoms with Crippen LogP contribution in [0.2, 0.25) is 0 Å². The summed E-state index contributed by atoms with van der Waals surface area (Å²) >= 11 is 3.52. The van der Waals surface area contributed by atoms with Crippen LogP contribution in [-0.2, 0) is 11.4 Å². The minimum Gasteiger partial charge on any atom is -0.493 e. The summed E-state index contributed by atoms with van der Waals surface area (Å²) < 4.78 is 12.3. The van der Waals surface area contributed by atoms with Crippen LogP contribution in [0.5, 0.6) is 11.5 Å². The van der Waals surface area contributed by atoms with Crippen molar-refractivity contribution in [1.82, 2.24) is 5.43 Å². The van der Waals surface area contributed by atoms with Gasteiger partial charge in [-0.3, -0.25) is 10.2 Å². The summed E-state index contributed by atoms with van der Waals surface area (Å²) in [5, 5.41) is 2.32. The average Bonchev–Trinajstić information content (AvgIpc) is 2.70. The van der Waals surface area contributed by atoms with Crippen molar-refractivity contribution < 1.29 is 14.3 Å². The Labute approximate surface area is 165 Å². The van der Waals surface area contributed by atoms with Crippen molar-refractivity contribution in [2.45, 2.75) is 6.61 Å². The predicted molar refractivity (Wildman–Crippen MR) is 110 cm³/mol. The maximum absolute atomic E-state index is 11.3. The van der Waals surface area contributed by atoms with Crippen molar-refractivity contribution >= 4 is 38.7 Å². The van der Waals surface area contributed by atoms with Crippen LogP contribution in [0.1, 0.15) is 11.1 Å². The van der Waals surface area contributed by atoms with Gasteiger partial charge in [-0.15, -0.1) is 0 Å². The molecule has 138 valence electrons. The number of benzene rings is 3. The minimum absolute atomic E-state index is 0.388. The molecule has 27 heavy (non-hydrogen) atoms. The number of carbonyl (C=O) groups is 1. The maximum atomic E-state index is 11.3. The number of methoxy groups -OCH3 is 1. The molecule has 6 heteroatoms. The Kier molecular flexibility index (Phi) is 6.11. The molecular weight excluding hydrogens is 408 g/mol. The Morgan fingerprint density at radius 2 is 1.96 bits per heavy atom. The van der Waals surface area contributed by atoms with Gasteiger partial charge in [-0.05, 0) is 56.0 Å². The smallest absolute Gasteiger partial charge is 0.257 e. The number of hydrogen-bond acceptors (Lipinski definition) is 4. The number of nitrogens with one attached hydrogen (secondary N) is 1. The van der Waals surface area contributed by atoms with E-state index >= 15 is 0 Å². The molecule has 3 aromatic carbocycles. The molecule has 0 aliphatic carbocycles. The molecule has 5 nitrogen and oxygen atoms in total. The lowest BCUT2D eigenvalue weighted by molar-refractivity contribution is -0.116. The van der Waals surface area contributed by atoms with Crippen LogP contribution in [-0.4, -0.2) is 13.0 Å². The fourth-order valence-electron chi connectivity index (χ4n) is 2.76. The van der Waals surface area contributed by atoms with E-state index in [0.717, 1.165) is 21.0 Å².